The SMILES string of the molecule is CCC(CC)(Oc1cc(C)c(Cc2ccc(O)c(C(C)C)c2)c(C)c1)P(=O)(O)O. The fourth-order valence-electron chi connectivity index (χ4n) is 3.76. The summed E-state index contributed by atoms with van der Waals surface area (Å²) in [6.45, 7) is 11.5. The molecule has 0 radical (unpaired) electrons. The van der Waals surface area contributed by atoms with E-state index < -0.39 is 12.9 Å². The lowest BCUT2D eigenvalue weighted by molar-refractivity contribution is 0.108. The van der Waals surface area contributed by atoms with Crippen molar-refractivity contribution in [2.24, 2.45) is 0 Å². The average Bonchev–Trinajstić information content (AvgIpc) is 2.62. The summed E-state index contributed by atoms with van der Waals surface area (Å²) < 4.78 is 18.0. The second-order valence-electron chi connectivity index (χ2n) is 8.06. The molecule has 0 aliphatic heterocycles. The molecule has 0 fully saturated rings. The molecular weight excluding hydrogens is 387 g/mol. The number of aromatic hydroxyl groups is 1. The molecule has 0 heterocycles. The van der Waals surface area contributed by atoms with Gasteiger partial charge in [-0.2, -0.15) is 0 Å². The van der Waals surface area contributed by atoms with Gasteiger partial charge in [-0.25, -0.2) is 0 Å². The molecule has 0 spiro atoms. The molecule has 5 nitrogen and oxygen atoms in total. The quantitative estimate of drug-likeness (QED) is 0.470. The highest BCUT2D eigenvalue weighted by Crippen LogP contribution is 2.55. The van der Waals surface area contributed by atoms with Gasteiger partial charge >= 0.3 is 7.60 Å². The van der Waals surface area contributed by atoms with Crippen molar-refractivity contribution < 1.29 is 24.2 Å². The fraction of sp³-hybridized carbons (Fsp3) is 0.478. The molecule has 2 aromatic carbocycles. The molecule has 2 rings (SSSR count). The first-order chi connectivity index (χ1) is 13.4. The predicted octanol–water partition coefficient (Wildman–Crippen LogP) is 5.80. The van der Waals surface area contributed by atoms with Gasteiger partial charge in [-0.1, -0.05) is 39.8 Å². The van der Waals surface area contributed by atoms with E-state index in [1.54, 1.807) is 19.9 Å². The third kappa shape index (κ3) is 5.03. The van der Waals surface area contributed by atoms with Crippen molar-refractivity contribution >= 4 is 7.60 Å². The van der Waals surface area contributed by atoms with Crippen LogP contribution in [0.25, 0.3) is 0 Å². The normalized spacial score (nSPS) is 12.4. The Kier molecular flexibility index (Phi) is 7.21. The van der Waals surface area contributed by atoms with Crippen molar-refractivity contribution in [2.45, 2.75) is 72.1 Å². The number of ether oxygens (including phenoxy) is 1. The second-order valence-corrected chi connectivity index (χ2v) is 9.96. The number of phenolic OH excluding ortho intramolecular Hbond substituents is 1. The highest BCUT2D eigenvalue weighted by atomic mass is 31.2. The molecule has 0 atom stereocenters. The number of hydrogen-bond donors (Lipinski definition) is 3. The minimum atomic E-state index is -4.43. The van der Waals surface area contributed by atoms with Crippen molar-refractivity contribution in [2.75, 3.05) is 0 Å². The Morgan fingerprint density at radius 3 is 2.03 bits per heavy atom. The molecule has 3 N–H and O–H groups in total. The number of rotatable bonds is 8. The van der Waals surface area contributed by atoms with Crippen LogP contribution < -0.4 is 4.74 Å². The Labute approximate surface area is 173 Å². The summed E-state index contributed by atoms with van der Waals surface area (Å²) in [5, 5.41) is 8.55. The molecule has 6 heteroatoms. The Morgan fingerprint density at radius 2 is 1.59 bits per heavy atom. The molecule has 0 aliphatic carbocycles. The lowest BCUT2D eigenvalue weighted by Crippen LogP contribution is -2.34. The zero-order valence-electron chi connectivity index (χ0n) is 18.2. The molecule has 0 amide bonds. The predicted molar refractivity (Wildman–Crippen MR) is 117 cm³/mol. The van der Waals surface area contributed by atoms with E-state index in [4.69, 9.17) is 4.74 Å². The zero-order chi connectivity index (χ0) is 22.0. The summed E-state index contributed by atoms with van der Waals surface area (Å²) in [6.07, 6.45) is 1.15. The van der Waals surface area contributed by atoms with Crippen LogP contribution in [0.1, 0.15) is 74.3 Å². The first-order valence-electron chi connectivity index (χ1n) is 10.1. The molecule has 160 valence electrons. The van der Waals surface area contributed by atoms with E-state index >= 15 is 0 Å². The first kappa shape index (κ1) is 23.5. The summed E-state index contributed by atoms with van der Waals surface area (Å²) in [7, 11) is -4.43. The van der Waals surface area contributed by atoms with E-state index in [2.05, 4.69) is 13.8 Å². The van der Waals surface area contributed by atoms with Crippen molar-refractivity contribution in [1.29, 1.82) is 0 Å². The molecule has 0 unspecified atom stereocenters. The topological polar surface area (TPSA) is 87.0 Å². The van der Waals surface area contributed by atoms with Gasteiger partial charge in [0, 0.05) is 0 Å². The molecule has 0 bridgehead atoms. The van der Waals surface area contributed by atoms with Gasteiger partial charge in [0.2, 0.25) is 5.34 Å². The maximum Gasteiger partial charge on any atom is 0.368 e. The van der Waals surface area contributed by atoms with Gasteiger partial charge < -0.3 is 19.6 Å². The van der Waals surface area contributed by atoms with Crippen molar-refractivity contribution in [3.63, 3.8) is 0 Å². The molecule has 29 heavy (non-hydrogen) atoms. The van der Waals surface area contributed by atoms with Crippen LogP contribution in [0.3, 0.4) is 0 Å². The van der Waals surface area contributed by atoms with Crippen LogP contribution in [0.15, 0.2) is 30.3 Å². The third-order valence-corrected chi connectivity index (χ3v) is 7.49. The van der Waals surface area contributed by atoms with E-state index in [9.17, 15) is 19.5 Å². The van der Waals surface area contributed by atoms with Gasteiger partial charge in [-0.05, 0) is 85.0 Å². The van der Waals surface area contributed by atoms with E-state index in [1.807, 2.05) is 38.1 Å². The Bertz CT molecular complexity index is 886. The summed E-state index contributed by atoms with van der Waals surface area (Å²) in [4.78, 5) is 19.7. The lowest BCUT2D eigenvalue weighted by atomic mass is 9.93. The van der Waals surface area contributed by atoms with Crippen molar-refractivity contribution in [1.82, 2.24) is 0 Å². The monoisotopic (exact) mass is 420 g/mol. The minimum Gasteiger partial charge on any atom is -0.508 e. The Hall–Kier alpha value is -1.81. The summed E-state index contributed by atoms with van der Waals surface area (Å²) in [5.74, 6) is 1.02. The molecule has 0 saturated heterocycles. The van der Waals surface area contributed by atoms with Gasteiger partial charge in [0.05, 0.1) is 0 Å². The Morgan fingerprint density at radius 1 is 1.03 bits per heavy atom. The fourth-order valence-corrected chi connectivity index (χ4v) is 4.81. The minimum absolute atomic E-state index is 0.221. The molecule has 0 saturated carbocycles. The van der Waals surface area contributed by atoms with Crippen LogP contribution in [0.2, 0.25) is 0 Å². The Balaban J connectivity index is 2.37. The summed E-state index contributed by atoms with van der Waals surface area (Å²) in [6, 6.07) is 9.40. The van der Waals surface area contributed by atoms with Gasteiger partial charge in [0.15, 0.2) is 0 Å². The van der Waals surface area contributed by atoms with Crippen LogP contribution in [-0.2, 0) is 11.0 Å². The maximum absolute atomic E-state index is 12.1. The number of aryl methyl sites for hydroxylation is 2. The average molecular weight is 420 g/mol. The summed E-state index contributed by atoms with van der Waals surface area (Å²) >= 11 is 0. The zero-order valence-corrected chi connectivity index (χ0v) is 19.1. The van der Waals surface area contributed by atoms with E-state index in [0.29, 0.717) is 17.9 Å². The van der Waals surface area contributed by atoms with Gasteiger partial charge in [0.25, 0.3) is 0 Å². The highest BCUT2D eigenvalue weighted by Gasteiger charge is 2.46. The highest BCUT2D eigenvalue weighted by molar-refractivity contribution is 7.53. The van der Waals surface area contributed by atoms with Gasteiger partial charge in [-0.15, -0.1) is 0 Å². The number of phenols is 1. The first-order valence-corrected chi connectivity index (χ1v) is 11.7. The lowest BCUT2D eigenvalue weighted by Gasteiger charge is -2.33. The number of hydrogen-bond acceptors (Lipinski definition) is 3. The molecule has 0 aliphatic rings. The van der Waals surface area contributed by atoms with Crippen LogP contribution in [-0.4, -0.2) is 20.2 Å². The van der Waals surface area contributed by atoms with E-state index in [0.717, 1.165) is 27.8 Å². The van der Waals surface area contributed by atoms with Crippen LogP contribution in [0.4, 0.5) is 0 Å². The van der Waals surface area contributed by atoms with Gasteiger partial charge in [0.1, 0.15) is 11.5 Å². The van der Waals surface area contributed by atoms with E-state index in [1.165, 1.54) is 0 Å². The van der Waals surface area contributed by atoms with Crippen LogP contribution in [0.5, 0.6) is 11.5 Å². The van der Waals surface area contributed by atoms with Crippen LogP contribution in [0, 0.1) is 13.8 Å². The molecule has 2 aromatic rings. The molecule has 0 aromatic heterocycles. The number of benzene rings is 2. The van der Waals surface area contributed by atoms with Gasteiger partial charge in [-0.3, -0.25) is 4.57 Å². The maximum atomic E-state index is 12.1. The van der Waals surface area contributed by atoms with E-state index in [-0.39, 0.29) is 18.8 Å². The van der Waals surface area contributed by atoms with Crippen LogP contribution >= 0.6 is 7.60 Å². The standard InChI is InChI=1S/C23H33O5P/c1-7-23(8-2,29(25,26)27)28-19-11-16(5)21(17(6)12-19)14-18-9-10-22(24)20(13-18)15(3)4/h9-13,15,24H,7-8,14H2,1-6H3,(H2,25,26,27). The van der Waals surface area contributed by atoms with Crippen molar-refractivity contribution in [3.8, 4) is 11.5 Å². The second kappa shape index (κ2) is 8.91. The third-order valence-electron chi connectivity index (χ3n) is 5.71. The smallest absolute Gasteiger partial charge is 0.368 e. The molecular formula is C23H33O5P. The largest absolute Gasteiger partial charge is 0.508 e. The summed E-state index contributed by atoms with van der Waals surface area (Å²) in [5.41, 5.74) is 5.19. The van der Waals surface area contributed by atoms with Crippen molar-refractivity contribution in [3.05, 3.63) is 58.1 Å².